The van der Waals surface area contributed by atoms with Gasteiger partial charge < -0.3 is 0 Å². The summed E-state index contributed by atoms with van der Waals surface area (Å²) in [5.41, 5.74) is 5.06. The first-order chi connectivity index (χ1) is 19.6. The van der Waals surface area contributed by atoms with Crippen molar-refractivity contribution < 1.29 is 8.78 Å². The van der Waals surface area contributed by atoms with Gasteiger partial charge >= 0.3 is 0 Å². The average Bonchev–Trinajstić information content (AvgIpc) is 3.02. The van der Waals surface area contributed by atoms with E-state index in [-0.39, 0.29) is 11.6 Å². The maximum Gasteiger partial charge on any atom is 0.123 e. The van der Waals surface area contributed by atoms with Gasteiger partial charge in [0.1, 0.15) is 34.8 Å². The van der Waals surface area contributed by atoms with Gasteiger partial charge in [-0.2, -0.15) is 0 Å². The zero-order valence-electron chi connectivity index (χ0n) is 21.9. The lowest BCUT2D eigenvalue weighted by Crippen LogP contribution is -2.32. The van der Waals surface area contributed by atoms with Crippen LogP contribution in [0.3, 0.4) is 0 Å². The molecule has 0 aliphatic rings. The van der Waals surface area contributed by atoms with Crippen LogP contribution in [0.4, 0.5) is 8.78 Å². The van der Waals surface area contributed by atoms with E-state index < -0.39 is 7.26 Å². The largest absolute Gasteiger partial charge is 0.207 e. The molecule has 0 saturated carbocycles. The zero-order chi connectivity index (χ0) is 27.4. The molecule has 0 aliphatic carbocycles. The molecule has 6 rings (SSSR count). The summed E-state index contributed by atoms with van der Waals surface area (Å²) in [6.45, 7) is 0. The predicted octanol–water partition coefficient (Wildman–Crippen LogP) is 8.79. The summed E-state index contributed by atoms with van der Waals surface area (Å²) in [5, 5.41) is 3.92. The second-order valence-electron chi connectivity index (χ2n) is 9.91. The quantitative estimate of drug-likeness (QED) is 0.177. The molecule has 0 heterocycles. The van der Waals surface area contributed by atoms with Crippen molar-refractivity contribution in [2.45, 2.75) is 6.16 Å². The summed E-state index contributed by atoms with van der Waals surface area (Å²) < 4.78 is 27.6. The Kier molecular flexibility index (Phi) is 7.36. The Bertz CT molecular complexity index is 1540. The van der Waals surface area contributed by atoms with Gasteiger partial charge in [0.15, 0.2) is 0 Å². The van der Waals surface area contributed by atoms with E-state index in [2.05, 4.69) is 109 Å². The highest BCUT2D eigenvalue weighted by Gasteiger charge is 2.45. The van der Waals surface area contributed by atoms with Crippen molar-refractivity contribution >= 4 is 23.2 Å². The summed E-state index contributed by atoms with van der Waals surface area (Å²) in [4.78, 5) is 0. The van der Waals surface area contributed by atoms with Gasteiger partial charge in [0.05, 0.1) is 6.16 Å². The molecule has 0 fully saturated rings. The van der Waals surface area contributed by atoms with Gasteiger partial charge in [-0.15, -0.1) is 0 Å². The molecule has 0 bridgehead atoms. The number of benzene rings is 6. The second-order valence-corrected chi connectivity index (χ2v) is 13.4. The topological polar surface area (TPSA) is 0 Å². The third-order valence-electron chi connectivity index (χ3n) is 7.36. The number of halogens is 2. The van der Waals surface area contributed by atoms with E-state index >= 15 is 0 Å². The van der Waals surface area contributed by atoms with Crippen LogP contribution < -0.4 is 15.9 Å². The van der Waals surface area contributed by atoms with Gasteiger partial charge in [-0.3, -0.25) is 0 Å². The number of hydrogen-bond acceptors (Lipinski definition) is 0. The molecule has 0 amide bonds. The predicted molar refractivity (Wildman–Crippen MR) is 166 cm³/mol. The van der Waals surface area contributed by atoms with Crippen LogP contribution in [0, 0.1) is 11.6 Å². The average molecular weight is 542 g/mol. The minimum absolute atomic E-state index is 0.263. The molecular formula is C37H28F2P+. The first kappa shape index (κ1) is 25.9. The highest BCUT2D eigenvalue weighted by Crippen LogP contribution is 2.58. The molecule has 6 aromatic rings. The van der Waals surface area contributed by atoms with Crippen LogP contribution in [0.25, 0.3) is 22.3 Å². The molecule has 0 aromatic heterocycles. The molecule has 3 heteroatoms. The van der Waals surface area contributed by atoms with Gasteiger partial charge in [-0.25, -0.2) is 8.78 Å². The van der Waals surface area contributed by atoms with Gasteiger partial charge in [0.2, 0.25) is 0 Å². The Morgan fingerprint density at radius 2 is 0.725 bits per heavy atom. The van der Waals surface area contributed by atoms with Crippen LogP contribution in [-0.4, -0.2) is 0 Å². The van der Waals surface area contributed by atoms with E-state index in [1.165, 1.54) is 45.7 Å². The maximum atomic E-state index is 13.8. The molecule has 6 aromatic carbocycles. The first-order valence-electron chi connectivity index (χ1n) is 13.3. The van der Waals surface area contributed by atoms with E-state index in [9.17, 15) is 8.78 Å². The van der Waals surface area contributed by atoms with Crippen LogP contribution in [0.1, 0.15) is 5.56 Å². The fraction of sp³-hybridized carbons (Fsp3) is 0.0270. The van der Waals surface area contributed by atoms with Crippen molar-refractivity contribution in [3.8, 4) is 22.3 Å². The monoisotopic (exact) mass is 541 g/mol. The normalized spacial score (nSPS) is 11.3. The molecule has 0 aliphatic heterocycles. The third-order valence-corrected chi connectivity index (χ3v) is 11.7. The van der Waals surface area contributed by atoms with E-state index in [1.807, 2.05) is 24.3 Å². The summed E-state index contributed by atoms with van der Waals surface area (Å²) in [5.74, 6) is -0.526. The van der Waals surface area contributed by atoms with Crippen molar-refractivity contribution in [2.75, 3.05) is 0 Å². The Hall–Kier alpha value is -4.39. The van der Waals surface area contributed by atoms with Crippen LogP contribution >= 0.6 is 7.26 Å². The highest BCUT2D eigenvalue weighted by molar-refractivity contribution is 7.95. The molecule has 0 nitrogen and oxygen atoms in total. The van der Waals surface area contributed by atoms with Gasteiger partial charge in [0, 0.05) is 0 Å². The lowest BCUT2D eigenvalue weighted by Gasteiger charge is -2.28. The van der Waals surface area contributed by atoms with Gasteiger partial charge in [-0.05, 0) is 107 Å². The lowest BCUT2D eigenvalue weighted by molar-refractivity contribution is 0.627. The fourth-order valence-electron chi connectivity index (χ4n) is 5.44. The Balaban J connectivity index is 1.59. The number of rotatable bonds is 7. The van der Waals surface area contributed by atoms with Crippen molar-refractivity contribution in [3.63, 3.8) is 0 Å². The van der Waals surface area contributed by atoms with Crippen LogP contribution in [0.15, 0.2) is 158 Å². The lowest BCUT2D eigenvalue weighted by atomic mass is 9.96. The molecule has 0 radical (unpaired) electrons. The fourth-order valence-corrected chi connectivity index (χ4v) is 9.66. The minimum Gasteiger partial charge on any atom is -0.207 e. The second kappa shape index (κ2) is 11.4. The standard InChI is InChI=1S/C37H28F2P/c38-33-20-16-29(17-21-33)31-24-28(25-32(26-31)30-18-22-34(39)23-19-30)27-40(35-10-4-1-5-11-35,36-12-6-2-7-13-36)37-14-8-3-9-15-37/h1-26H,27H2/q+1. The van der Waals surface area contributed by atoms with E-state index in [0.717, 1.165) is 28.4 Å². The number of hydrogen-bond donors (Lipinski definition) is 0. The summed E-state index contributed by atoms with van der Waals surface area (Å²) in [7, 11) is -2.13. The molecule has 0 N–H and O–H groups in total. The SMILES string of the molecule is Fc1ccc(-c2cc(C[P+](c3ccccc3)(c3ccccc3)c3ccccc3)cc(-c3ccc(F)cc3)c2)cc1. The molecule has 0 atom stereocenters. The molecular weight excluding hydrogens is 513 g/mol. The summed E-state index contributed by atoms with van der Waals surface area (Å²) in [6.07, 6.45) is 0.800. The van der Waals surface area contributed by atoms with E-state index in [0.29, 0.717) is 0 Å². The van der Waals surface area contributed by atoms with Crippen molar-refractivity contribution in [2.24, 2.45) is 0 Å². The van der Waals surface area contributed by atoms with Crippen molar-refractivity contribution in [1.82, 2.24) is 0 Å². The van der Waals surface area contributed by atoms with Crippen molar-refractivity contribution in [1.29, 1.82) is 0 Å². The van der Waals surface area contributed by atoms with Gasteiger partial charge in [0.25, 0.3) is 0 Å². The third kappa shape index (κ3) is 5.24. The Labute approximate surface area is 234 Å². The highest BCUT2D eigenvalue weighted by atomic mass is 31.2. The molecule has 0 saturated heterocycles. The Morgan fingerprint density at radius 3 is 1.07 bits per heavy atom. The first-order valence-corrected chi connectivity index (χ1v) is 15.3. The molecule has 194 valence electrons. The van der Waals surface area contributed by atoms with Crippen LogP contribution in [-0.2, 0) is 6.16 Å². The molecule has 0 spiro atoms. The minimum atomic E-state index is -2.13. The summed E-state index contributed by atoms with van der Waals surface area (Å²) >= 11 is 0. The smallest absolute Gasteiger partial charge is 0.123 e. The zero-order valence-corrected chi connectivity index (χ0v) is 22.8. The summed E-state index contributed by atoms with van der Waals surface area (Å²) in [6, 6.07) is 52.2. The molecule has 40 heavy (non-hydrogen) atoms. The van der Waals surface area contributed by atoms with E-state index in [4.69, 9.17) is 0 Å². The maximum absolute atomic E-state index is 13.8. The Morgan fingerprint density at radius 1 is 0.375 bits per heavy atom. The van der Waals surface area contributed by atoms with Crippen molar-refractivity contribution in [3.05, 3.63) is 175 Å². The van der Waals surface area contributed by atoms with E-state index in [1.54, 1.807) is 0 Å². The van der Waals surface area contributed by atoms with Crippen LogP contribution in [0.5, 0.6) is 0 Å². The molecule has 0 unspecified atom stereocenters. The van der Waals surface area contributed by atoms with Gasteiger partial charge in [-0.1, -0.05) is 78.9 Å². The van der Waals surface area contributed by atoms with Crippen LogP contribution in [0.2, 0.25) is 0 Å².